The van der Waals surface area contributed by atoms with Crippen LogP contribution < -0.4 is 4.74 Å². The smallest absolute Gasteiger partial charge is 0.333 e. The second kappa shape index (κ2) is 11.9. The average molecular weight is 473 g/mol. The van der Waals surface area contributed by atoms with Gasteiger partial charge in [0.25, 0.3) is 0 Å². The standard InChI is InChI=1S/C31H36O4/c1-6-34-29(30(32)33)21-23-7-17-28(18-8-23)35-20-19-22(2)24-9-11-25(12-10-24)26-13-15-27(16-14-26)31(3,4)5/h7-19,29H,6,20-21H2,1-5H3,(H,32,33)/b22-19-. The first kappa shape index (κ1) is 26.2. The first-order valence-electron chi connectivity index (χ1n) is 12.1. The lowest BCUT2D eigenvalue weighted by molar-refractivity contribution is -0.149. The normalized spacial score (nSPS) is 12.9. The molecule has 0 amide bonds. The van der Waals surface area contributed by atoms with E-state index in [9.17, 15) is 9.90 Å². The van der Waals surface area contributed by atoms with Crippen LogP contribution in [-0.4, -0.2) is 30.4 Å². The zero-order valence-corrected chi connectivity index (χ0v) is 21.4. The lowest BCUT2D eigenvalue weighted by Crippen LogP contribution is -2.26. The molecule has 0 spiro atoms. The van der Waals surface area contributed by atoms with Crippen LogP contribution in [-0.2, 0) is 21.4 Å². The molecule has 35 heavy (non-hydrogen) atoms. The highest BCUT2D eigenvalue weighted by atomic mass is 16.5. The maximum Gasteiger partial charge on any atom is 0.333 e. The summed E-state index contributed by atoms with van der Waals surface area (Å²) < 4.78 is 11.1. The van der Waals surface area contributed by atoms with Crippen molar-refractivity contribution in [1.29, 1.82) is 0 Å². The molecule has 1 atom stereocenters. The van der Waals surface area contributed by atoms with Gasteiger partial charge in [0.15, 0.2) is 6.10 Å². The average Bonchev–Trinajstić information content (AvgIpc) is 2.84. The predicted molar refractivity (Wildman–Crippen MR) is 143 cm³/mol. The number of hydrogen-bond acceptors (Lipinski definition) is 3. The van der Waals surface area contributed by atoms with Gasteiger partial charge < -0.3 is 14.6 Å². The first-order valence-corrected chi connectivity index (χ1v) is 12.1. The molecule has 0 heterocycles. The lowest BCUT2D eigenvalue weighted by Gasteiger charge is -2.19. The molecule has 0 saturated heterocycles. The van der Waals surface area contributed by atoms with E-state index in [0.717, 1.165) is 22.4 Å². The summed E-state index contributed by atoms with van der Waals surface area (Å²) in [5.74, 6) is -0.200. The van der Waals surface area contributed by atoms with Crippen molar-refractivity contribution in [3.05, 3.63) is 95.6 Å². The minimum Gasteiger partial charge on any atom is -0.490 e. The Labute approximate surface area is 209 Å². The number of ether oxygens (including phenoxy) is 2. The molecule has 184 valence electrons. The molecular formula is C31H36O4. The van der Waals surface area contributed by atoms with E-state index in [4.69, 9.17) is 9.47 Å². The Balaban J connectivity index is 1.56. The summed E-state index contributed by atoms with van der Waals surface area (Å²) in [5.41, 5.74) is 7.12. The van der Waals surface area contributed by atoms with Crippen molar-refractivity contribution in [3.63, 3.8) is 0 Å². The molecular weight excluding hydrogens is 436 g/mol. The third-order valence-electron chi connectivity index (χ3n) is 6.05. The third kappa shape index (κ3) is 7.56. The first-order chi connectivity index (χ1) is 16.7. The number of allylic oxidation sites excluding steroid dienone is 1. The monoisotopic (exact) mass is 472 g/mol. The molecule has 4 nitrogen and oxygen atoms in total. The minimum absolute atomic E-state index is 0.154. The van der Waals surface area contributed by atoms with Gasteiger partial charge in [-0.25, -0.2) is 4.79 Å². The van der Waals surface area contributed by atoms with Gasteiger partial charge in [0.1, 0.15) is 12.4 Å². The molecule has 1 N–H and O–H groups in total. The van der Waals surface area contributed by atoms with Gasteiger partial charge in [-0.2, -0.15) is 0 Å². The molecule has 3 aromatic carbocycles. The fourth-order valence-electron chi connectivity index (χ4n) is 3.82. The Bertz CT molecular complexity index is 1120. The van der Waals surface area contributed by atoms with Crippen LogP contribution in [0.3, 0.4) is 0 Å². The van der Waals surface area contributed by atoms with Gasteiger partial charge in [0, 0.05) is 13.0 Å². The van der Waals surface area contributed by atoms with Crippen molar-refractivity contribution in [3.8, 4) is 16.9 Å². The molecule has 0 saturated carbocycles. The second-order valence-electron chi connectivity index (χ2n) is 9.73. The number of carboxylic acid groups (broad SMARTS) is 1. The van der Waals surface area contributed by atoms with Gasteiger partial charge in [-0.3, -0.25) is 0 Å². The van der Waals surface area contributed by atoms with Crippen LogP contribution in [0.1, 0.15) is 51.3 Å². The van der Waals surface area contributed by atoms with Crippen molar-refractivity contribution in [2.75, 3.05) is 13.2 Å². The number of hydrogen-bond donors (Lipinski definition) is 1. The maximum absolute atomic E-state index is 11.3. The quantitative estimate of drug-likeness (QED) is 0.340. The lowest BCUT2D eigenvalue weighted by atomic mass is 9.86. The van der Waals surface area contributed by atoms with E-state index in [0.29, 0.717) is 19.6 Å². The predicted octanol–water partition coefficient (Wildman–Crippen LogP) is 7.17. The zero-order valence-electron chi connectivity index (χ0n) is 21.4. The molecule has 0 aliphatic carbocycles. The summed E-state index contributed by atoms with van der Waals surface area (Å²) in [6, 6.07) is 24.9. The highest BCUT2D eigenvalue weighted by molar-refractivity contribution is 5.73. The van der Waals surface area contributed by atoms with Gasteiger partial charge in [-0.05, 0) is 70.9 Å². The molecule has 0 fully saturated rings. The summed E-state index contributed by atoms with van der Waals surface area (Å²) in [5, 5.41) is 9.24. The van der Waals surface area contributed by atoms with E-state index < -0.39 is 12.1 Å². The van der Waals surface area contributed by atoms with E-state index in [1.54, 1.807) is 6.92 Å². The Morgan fingerprint density at radius 2 is 1.49 bits per heavy atom. The topological polar surface area (TPSA) is 55.8 Å². The molecule has 0 bridgehead atoms. The van der Waals surface area contributed by atoms with Crippen LogP contribution in [0.25, 0.3) is 16.7 Å². The Hall–Kier alpha value is -3.37. The summed E-state index contributed by atoms with van der Waals surface area (Å²) >= 11 is 0. The minimum atomic E-state index is -0.945. The molecule has 3 rings (SSSR count). The van der Waals surface area contributed by atoms with Crippen LogP contribution >= 0.6 is 0 Å². The molecule has 0 aliphatic rings. The highest BCUT2D eigenvalue weighted by Crippen LogP contribution is 2.27. The van der Waals surface area contributed by atoms with Crippen molar-refractivity contribution < 1.29 is 19.4 Å². The maximum atomic E-state index is 11.3. The fraction of sp³-hybridized carbons (Fsp3) is 0.323. The number of carboxylic acids is 1. The molecule has 0 aliphatic heterocycles. The van der Waals surface area contributed by atoms with E-state index in [1.807, 2.05) is 24.3 Å². The van der Waals surface area contributed by atoms with E-state index in [1.165, 1.54) is 16.7 Å². The number of aliphatic carboxylic acids is 1. The molecule has 3 aromatic rings. The van der Waals surface area contributed by atoms with Gasteiger partial charge >= 0.3 is 5.97 Å². The van der Waals surface area contributed by atoms with E-state index in [2.05, 4.69) is 82.3 Å². The molecule has 0 aromatic heterocycles. The zero-order chi connectivity index (χ0) is 25.4. The highest BCUT2D eigenvalue weighted by Gasteiger charge is 2.17. The van der Waals surface area contributed by atoms with E-state index in [-0.39, 0.29) is 5.41 Å². The Morgan fingerprint density at radius 1 is 0.914 bits per heavy atom. The van der Waals surface area contributed by atoms with Crippen LogP contribution in [0, 0.1) is 0 Å². The summed E-state index contributed by atoms with van der Waals surface area (Å²) in [4.78, 5) is 11.3. The number of carbonyl (C=O) groups is 1. The summed E-state index contributed by atoms with van der Waals surface area (Å²) in [7, 11) is 0. The van der Waals surface area contributed by atoms with Crippen LogP contribution in [0.4, 0.5) is 0 Å². The van der Waals surface area contributed by atoms with Gasteiger partial charge in [-0.15, -0.1) is 0 Å². The molecule has 1 unspecified atom stereocenters. The van der Waals surface area contributed by atoms with Crippen LogP contribution in [0.15, 0.2) is 78.9 Å². The van der Waals surface area contributed by atoms with Crippen molar-refractivity contribution in [2.24, 2.45) is 0 Å². The second-order valence-corrected chi connectivity index (χ2v) is 9.73. The SMILES string of the molecule is CCOC(Cc1ccc(OC/C=C(/C)c2ccc(-c3ccc(C(C)(C)C)cc3)cc2)cc1)C(=O)O. The van der Waals surface area contributed by atoms with E-state index >= 15 is 0 Å². The van der Waals surface area contributed by atoms with Crippen LogP contribution in [0.2, 0.25) is 0 Å². The van der Waals surface area contributed by atoms with Gasteiger partial charge in [0.05, 0.1) is 0 Å². The molecule has 0 radical (unpaired) electrons. The summed E-state index contributed by atoms with van der Waals surface area (Å²) in [6.07, 6.45) is 1.57. The number of rotatable bonds is 10. The molecule has 4 heteroatoms. The Morgan fingerprint density at radius 3 is 2.00 bits per heavy atom. The van der Waals surface area contributed by atoms with Crippen molar-refractivity contribution >= 4 is 11.5 Å². The van der Waals surface area contributed by atoms with Gasteiger partial charge in [0.2, 0.25) is 0 Å². The van der Waals surface area contributed by atoms with Crippen molar-refractivity contribution in [2.45, 2.75) is 52.6 Å². The number of benzene rings is 3. The third-order valence-corrected chi connectivity index (χ3v) is 6.05. The van der Waals surface area contributed by atoms with Crippen molar-refractivity contribution in [1.82, 2.24) is 0 Å². The fourth-order valence-corrected chi connectivity index (χ4v) is 3.82. The largest absolute Gasteiger partial charge is 0.490 e. The van der Waals surface area contributed by atoms with Gasteiger partial charge in [-0.1, -0.05) is 81.4 Å². The Kier molecular flexibility index (Phi) is 8.89. The summed E-state index contributed by atoms with van der Waals surface area (Å²) in [6.45, 7) is 11.4. The van der Waals surface area contributed by atoms with Crippen LogP contribution in [0.5, 0.6) is 5.75 Å².